The molecule has 1 fully saturated rings. The first-order valence-corrected chi connectivity index (χ1v) is 12.2. The molecular weight excluding hydrogens is 490 g/mol. The second kappa shape index (κ2) is 10.3. The van der Waals surface area contributed by atoms with Crippen molar-refractivity contribution in [2.45, 2.75) is 58.5 Å². The van der Waals surface area contributed by atoms with Gasteiger partial charge in [0.05, 0.1) is 0 Å². The molecule has 196 valence electrons. The lowest BCUT2D eigenvalue weighted by Gasteiger charge is -2.28. The summed E-state index contributed by atoms with van der Waals surface area (Å²) in [5, 5.41) is 0. The highest BCUT2D eigenvalue weighted by Crippen LogP contribution is 2.41. The van der Waals surface area contributed by atoms with Gasteiger partial charge in [-0.2, -0.15) is 8.78 Å². The third-order valence-electron chi connectivity index (χ3n) is 7.25. The van der Waals surface area contributed by atoms with Gasteiger partial charge in [0.15, 0.2) is 0 Å². The molecule has 0 atom stereocenters. The van der Waals surface area contributed by atoms with Crippen molar-refractivity contribution in [3.63, 3.8) is 0 Å². The number of ether oxygens (including phenoxy) is 1. The molecule has 0 bridgehead atoms. The fraction of sp³-hybridized carbons (Fsp3) is 0.333. The van der Waals surface area contributed by atoms with Crippen molar-refractivity contribution in [3.05, 3.63) is 100 Å². The van der Waals surface area contributed by atoms with E-state index in [0.29, 0.717) is 29.5 Å². The van der Waals surface area contributed by atoms with Crippen LogP contribution in [0.15, 0.2) is 49.1 Å². The second-order valence-corrected chi connectivity index (χ2v) is 9.82. The van der Waals surface area contributed by atoms with E-state index in [0.717, 1.165) is 61.4 Å². The van der Waals surface area contributed by atoms with Crippen LogP contribution in [-0.4, -0.2) is 0 Å². The average Bonchev–Trinajstić information content (AvgIpc) is 2.81. The monoisotopic (exact) mass is 518 g/mol. The maximum atomic E-state index is 15.0. The van der Waals surface area contributed by atoms with Gasteiger partial charge in [-0.3, -0.25) is 0 Å². The molecular formula is C30H28F6O. The third kappa shape index (κ3) is 5.41. The Morgan fingerprint density at radius 3 is 1.78 bits per heavy atom. The number of aryl methyl sites for hydroxylation is 2. The SMILES string of the molecule is C=CC1CCC(c2cc(C)c(-c3cc(F)c(C(F)(F)Oc4cc(F)c(C)c(F)c4)c(F)c3)c(C)c2)CC1. The maximum Gasteiger partial charge on any atom is 0.432 e. The molecule has 1 saturated carbocycles. The average molecular weight is 519 g/mol. The van der Waals surface area contributed by atoms with Gasteiger partial charge in [0.25, 0.3) is 0 Å². The summed E-state index contributed by atoms with van der Waals surface area (Å²) in [7, 11) is 0. The highest BCUT2D eigenvalue weighted by atomic mass is 19.3. The zero-order valence-corrected chi connectivity index (χ0v) is 20.9. The van der Waals surface area contributed by atoms with Gasteiger partial charge in [0.2, 0.25) is 0 Å². The Morgan fingerprint density at radius 1 is 0.784 bits per heavy atom. The summed E-state index contributed by atoms with van der Waals surface area (Å²) >= 11 is 0. The quantitative estimate of drug-likeness (QED) is 0.233. The van der Waals surface area contributed by atoms with E-state index in [9.17, 15) is 26.3 Å². The molecule has 1 aliphatic carbocycles. The Morgan fingerprint density at radius 2 is 1.30 bits per heavy atom. The summed E-state index contributed by atoms with van der Waals surface area (Å²) in [5.41, 5.74) is 1.35. The summed E-state index contributed by atoms with van der Waals surface area (Å²) < 4.78 is 91.4. The number of rotatable bonds is 6. The molecule has 4 rings (SSSR count). The Hall–Kier alpha value is -3.22. The maximum absolute atomic E-state index is 15.0. The Bertz CT molecular complexity index is 1270. The molecule has 0 aromatic heterocycles. The summed E-state index contributed by atoms with van der Waals surface area (Å²) in [5.74, 6) is -5.29. The minimum Gasteiger partial charge on any atom is -0.429 e. The van der Waals surface area contributed by atoms with Gasteiger partial charge in [-0.25, -0.2) is 17.6 Å². The minimum absolute atomic E-state index is 0.110. The van der Waals surface area contributed by atoms with Crippen LogP contribution in [0, 0.1) is 50.0 Å². The summed E-state index contributed by atoms with van der Waals surface area (Å²) in [6.45, 7) is 8.64. The minimum atomic E-state index is -4.51. The fourth-order valence-corrected chi connectivity index (χ4v) is 5.25. The molecule has 1 aliphatic rings. The van der Waals surface area contributed by atoms with E-state index in [2.05, 4.69) is 11.3 Å². The van der Waals surface area contributed by atoms with Crippen molar-refractivity contribution in [2.75, 3.05) is 0 Å². The first-order valence-electron chi connectivity index (χ1n) is 12.2. The number of benzene rings is 3. The first-order chi connectivity index (χ1) is 17.4. The van der Waals surface area contributed by atoms with Gasteiger partial charge in [0, 0.05) is 17.7 Å². The van der Waals surface area contributed by atoms with Crippen LogP contribution in [0.25, 0.3) is 11.1 Å². The second-order valence-electron chi connectivity index (χ2n) is 9.82. The molecule has 0 radical (unpaired) electrons. The van der Waals surface area contributed by atoms with Crippen LogP contribution in [0.4, 0.5) is 26.3 Å². The van der Waals surface area contributed by atoms with Crippen LogP contribution >= 0.6 is 0 Å². The normalized spacial score (nSPS) is 18.1. The van der Waals surface area contributed by atoms with Crippen LogP contribution in [0.2, 0.25) is 0 Å². The number of allylic oxidation sites excluding steroid dienone is 1. The van der Waals surface area contributed by atoms with Crippen LogP contribution in [0.5, 0.6) is 5.75 Å². The summed E-state index contributed by atoms with van der Waals surface area (Å²) in [6.07, 6.45) is 1.65. The van der Waals surface area contributed by atoms with Crippen LogP contribution < -0.4 is 4.74 Å². The van der Waals surface area contributed by atoms with Gasteiger partial charge < -0.3 is 4.74 Å². The molecule has 0 spiro atoms. The van der Waals surface area contributed by atoms with Gasteiger partial charge in [-0.1, -0.05) is 18.2 Å². The lowest BCUT2D eigenvalue weighted by Crippen LogP contribution is -2.25. The highest BCUT2D eigenvalue weighted by molar-refractivity contribution is 5.72. The van der Waals surface area contributed by atoms with E-state index in [-0.39, 0.29) is 5.56 Å². The molecule has 3 aromatic rings. The van der Waals surface area contributed by atoms with E-state index in [1.165, 1.54) is 0 Å². The third-order valence-corrected chi connectivity index (χ3v) is 7.25. The van der Waals surface area contributed by atoms with Crippen molar-refractivity contribution in [1.29, 1.82) is 0 Å². The molecule has 3 aromatic carbocycles. The highest BCUT2D eigenvalue weighted by Gasteiger charge is 2.41. The van der Waals surface area contributed by atoms with Crippen molar-refractivity contribution in [2.24, 2.45) is 5.92 Å². The molecule has 0 aliphatic heterocycles. The predicted molar refractivity (Wildman–Crippen MR) is 132 cm³/mol. The van der Waals surface area contributed by atoms with Crippen LogP contribution in [0.3, 0.4) is 0 Å². The van der Waals surface area contributed by atoms with Crippen molar-refractivity contribution < 1.29 is 31.1 Å². The topological polar surface area (TPSA) is 9.23 Å². The van der Waals surface area contributed by atoms with Gasteiger partial charge >= 0.3 is 6.11 Å². The molecule has 7 heteroatoms. The number of hydrogen-bond donors (Lipinski definition) is 0. The summed E-state index contributed by atoms with van der Waals surface area (Å²) in [4.78, 5) is 0. The van der Waals surface area contributed by atoms with Gasteiger partial charge in [-0.15, -0.1) is 6.58 Å². The van der Waals surface area contributed by atoms with Gasteiger partial charge in [-0.05, 0) is 98.2 Å². The van der Waals surface area contributed by atoms with Gasteiger partial charge in [0.1, 0.15) is 34.6 Å². The molecule has 0 N–H and O–H groups in total. The summed E-state index contributed by atoms with van der Waals surface area (Å²) in [6, 6.07) is 6.71. The van der Waals surface area contributed by atoms with E-state index < -0.39 is 46.3 Å². The van der Waals surface area contributed by atoms with Crippen molar-refractivity contribution >= 4 is 0 Å². The van der Waals surface area contributed by atoms with E-state index >= 15 is 0 Å². The molecule has 0 amide bonds. The Kier molecular flexibility index (Phi) is 7.45. The zero-order valence-electron chi connectivity index (χ0n) is 20.9. The van der Waals surface area contributed by atoms with E-state index in [4.69, 9.17) is 0 Å². The fourth-order valence-electron chi connectivity index (χ4n) is 5.25. The number of hydrogen-bond acceptors (Lipinski definition) is 1. The standard InChI is InChI=1S/C30H28F6O/c1-5-19-6-8-20(9-7-19)21-10-16(2)28(17(3)11-21)22-12-26(33)29(27(34)13-22)30(35,36)37-23-14-24(31)18(4)25(32)15-23/h5,10-15,19-20H,1,6-9H2,2-4H3. The smallest absolute Gasteiger partial charge is 0.429 e. The lowest BCUT2D eigenvalue weighted by atomic mass is 9.77. The Labute approximate surface area is 212 Å². The lowest BCUT2D eigenvalue weighted by molar-refractivity contribution is -0.189. The van der Waals surface area contributed by atoms with Crippen molar-refractivity contribution in [1.82, 2.24) is 0 Å². The number of halogens is 6. The largest absolute Gasteiger partial charge is 0.432 e. The first kappa shape index (κ1) is 26.8. The molecule has 0 saturated heterocycles. The molecule has 1 nitrogen and oxygen atoms in total. The van der Waals surface area contributed by atoms with E-state index in [1.54, 1.807) is 0 Å². The zero-order chi connectivity index (χ0) is 27.1. The van der Waals surface area contributed by atoms with E-state index in [1.807, 2.05) is 32.1 Å². The molecule has 37 heavy (non-hydrogen) atoms. The molecule has 0 heterocycles. The Balaban J connectivity index is 1.65. The van der Waals surface area contributed by atoms with Crippen molar-refractivity contribution in [3.8, 4) is 16.9 Å². The van der Waals surface area contributed by atoms with Crippen LogP contribution in [-0.2, 0) is 6.11 Å². The predicted octanol–water partition coefficient (Wildman–Crippen LogP) is 9.42. The molecule has 0 unspecified atom stereocenters. The number of alkyl halides is 2. The van der Waals surface area contributed by atoms with Crippen LogP contribution in [0.1, 0.15) is 59.4 Å².